The Labute approximate surface area is 176 Å². The van der Waals surface area contributed by atoms with Gasteiger partial charge in [-0.1, -0.05) is 13.8 Å². The SMILES string of the molecule is CCN(CC)CCCC(C)NC(=O)c1cc(-c2ccco2)nn1-c1ccc(F)cc1. The molecule has 7 heteroatoms. The summed E-state index contributed by atoms with van der Waals surface area (Å²) in [5.74, 6) is 0.00198. The lowest BCUT2D eigenvalue weighted by atomic mass is 10.1. The van der Waals surface area contributed by atoms with E-state index in [1.54, 1.807) is 36.6 Å². The van der Waals surface area contributed by atoms with E-state index in [9.17, 15) is 9.18 Å². The first-order valence-corrected chi connectivity index (χ1v) is 10.4. The first-order valence-electron chi connectivity index (χ1n) is 10.4. The van der Waals surface area contributed by atoms with Crippen LogP contribution in [0.2, 0.25) is 0 Å². The van der Waals surface area contributed by atoms with Crippen LogP contribution in [0.1, 0.15) is 44.1 Å². The van der Waals surface area contributed by atoms with Crippen molar-refractivity contribution >= 4 is 5.91 Å². The van der Waals surface area contributed by atoms with Crippen LogP contribution in [-0.4, -0.2) is 46.3 Å². The van der Waals surface area contributed by atoms with E-state index in [2.05, 4.69) is 29.2 Å². The zero-order chi connectivity index (χ0) is 21.5. The van der Waals surface area contributed by atoms with Gasteiger partial charge in [0.1, 0.15) is 17.2 Å². The Hall–Kier alpha value is -2.93. The largest absolute Gasteiger partial charge is 0.463 e. The molecule has 0 aliphatic heterocycles. The van der Waals surface area contributed by atoms with E-state index in [0.29, 0.717) is 22.8 Å². The van der Waals surface area contributed by atoms with Crippen LogP contribution in [0.4, 0.5) is 4.39 Å². The van der Waals surface area contributed by atoms with Gasteiger partial charge in [0.05, 0.1) is 12.0 Å². The van der Waals surface area contributed by atoms with Crippen LogP contribution >= 0.6 is 0 Å². The summed E-state index contributed by atoms with van der Waals surface area (Å²) >= 11 is 0. The number of carbonyl (C=O) groups is 1. The zero-order valence-electron chi connectivity index (χ0n) is 17.8. The van der Waals surface area contributed by atoms with E-state index in [1.807, 2.05) is 6.92 Å². The van der Waals surface area contributed by atoms with Crippen molar-refractivity contribution < 1.29 is 13.6 Å². The van der Waals surface area contributed by atoms with Gasteiger partial charge in [0.2, 0.25) is 0 Å². The van der Waals surface area contributed by atoms with Crippen molar-refractivity contribution in [3.05, 3.63) is 60.2 Å². The zero-order valence-corrected chi connectivity index (χ0v) is 17.8. The number of furan rings is 1. The summed E-state index contributed by atoms with van der Waals surface area (Å²) in [6.45, 7) is 9.40. The Bertz CT molecular complexity index is 931. The van der Waals surface area contributed by atoms with E-state index in [0.717, 1.165) is 32.5 Å². The number of carbonyl (C=O) groups excluding carboxylic acids is 1. The van der Waals surface area contributed by atoms with Crippen molar-refractivity contribution in [2.24, 2.45) is 0 Å². The second-order valence-corrected chi connectivity index (χ2v) is 7.32. The van der Waals surface area contributed by atoms with Crippen molar-refractivity contribution in [2.45, 2.75) is 39.7 Å². The molecule has 1 aromatic carbocycles. The second kappa shape index (κ2) is 10.2. The molecule has 1 atom stereocenters. The molecular weight excluding hydrogens is 383 g/mol. The number of hydrogen-bond donors (Lipinski definition) is 1. The third-order valence-corrected chi connectivity index (χ3v) is 5.17. The normalized spacial score (nSPS) is 12.3. The number of aromatic nitrogens is 2. The molecule has 1 N–H and O–H groups in total. The van der Waals surface area contributed by atoms with E-state index < -0.39 is 0 Å². The van der Waals surface area contributed by atoms with E-state index in [4.69, 9.17) is 4.42 Å². The average molecular weight is 413 g/mol. The van der Waals surface area contributed by atoms with Gasteiger partial charge in [-0.15, -0.1) is 0 Å². The molecule has 160 valence electrons. The van der Waals surface area contributed by atoms with Crippen LogP contribution in [0.3, 0.4) is 0 Å². The van der Waals surface area contributed by atoms with E-state index in [1.165, 1.54) is 16.8 Å². The number of benzene rings is 1. The van der Waals surface area contributed by atoms with E-state index >= 15 is 0 Å². The molecule has 0 aliphatic carbocycles. The number of nitrogens with one attached hydrogen (secondary N) is 1. The van der Waals surface area contributed by atoms with Gasteiger partial charge in [0.25, 0.3) is 5.91 Å². The first kappa shape index (κ1) is 21.8. The molecule has 0 spiro atoms. The van der Waals surface area contributed by atoms with Gasteiger partial charge in [0, 0.05) is 12.1 Å². The number of nitrogens with zero attached hydrogens (tertiary/aromatic N) is 3. The fourth-order valence-corrected chi connectivity index (χ4v) is 3.40. The predicted molar refractivity (Wildman–Crippen MR) is 115 cm³/mol. The summed E-state index contributed by atoms with van der Waals surface area (Å²) in [4.78, 5) is 15.4. The first-order chi connectivity index (χ1) is 14.5. The van der Waals surface area contributed by atoms with Crippen LogP contribution in [0.15, 0.2) is 53.1 Å². The molecular formula is C23H29FN4O2. The molecule has 30 heavy (non-hydrogen) atoms. The van der Waals surface area contributed by atoms with Crippen LogP contribution in [0.5, 0.6) is 0 Å². The minimum absolute atomic E-state index is 0.0247. The smallest absolute Gasteiger partial charge is 0.270 e. The third kappa shape index (κ3) is 5.36. The highest BCUT2D eigenvalue weighted by Gasteiger charge is 2.20. The van der Waals surface area contributed by atoms with Crippen molar-refractivity contribution in [3.63, 3.8) is 0 Å². The molecule has 2 aromatic heterocycles. The van der Waals surface area contributed by atoms with E-state index in [-0.39, 0.29) is 17.8 Å². The van der Waals surface area contributed by atoms with Crippen LogP contribution in [0, 0.1) is 5.82 Å². The Kier molecular flexibility index (Phi) is 7.41. The number of rotatable bonds is 10. The van der Waals surface area contributed by atoms with Crippen LogP contribution in [0.25, 0.3) is 17.1 Å². The summed E-state index contributed by atoms with van der Waals surface area (Å²) in [7, 11) is 0. The van der Waals surface area contributed by atoms with Gasteiger partial charge >= 0.3 is 0 Å². The molecule has 0 fully saturated rings. The maximum Gasteiger partial charge on any atom is 0.270 e. The summed E-state index contributed by atoms with van der Waals surface area (Å²) in [6.07, 6.45) is 3.46. The summed E-state index contributed by atoms with van der Waals surface area (Å²) in [5.41, 5.74) is 1.53. The standard InChI is InChI=1S/C23H29FN4O2/c1-4-27(5-2)14-6-8-17(3)25-23(29)21-16-20(22-9-7-15-30-22)26-28(21)19-12-10-18(24)11-13-19/h7,9-13,15-17H,4-6,8,14H2,1-3H3,(H,25,29). The maximum absolute atomic E-state index is 13.4. The highest BCUT2D eigenvalue weighted by molar-refractivity contribution is 5.94. The molecule has 1 unspecified atom stereocenters. The minimum atomic E-state index is -0.343. The highest BCUT2D eigenvalue weighted by atomic mass is 19.1. The molecule has 3 rings (SSSR count). The maximum atomic E-state index is 13.4. The van der Waals surface area contributed by atoms with Crippen molar-refractivity contribution in [3.8, 4) is 17.1 Å². The molecule has 0 radical (unpaired) electrons. The van der Waals surface area contributed by atoms with Gasteiger partial charge in [0.15, 0.2) is 5.76 Å². The lowest BCUT2D eigenvalue weighted by molar-refractivity contribution is 0.0929. The monoisotopic (exact) mass is 412 g/mol. The van der Waals surface area contributed by atoms with Gasteiger partial charge in [-0.3, -0.25) is 4.79 Å². The second-order valence-electron chi connectivity index (χ2n) is 7.32. The third-order valence-electron chi connectivity index (χ3n) is 5.17. The van der Waals surface area contributed by atoms with Gasteiger partial charge in [-0.05, 0) is 75.8 Å². The quantitative estimate of drug-likeness (QED) is 0.532. The number of amides is 1. The molecule has 0 saturated carbocycles. The molecule has 0 aliphatic rings. The molecule has 2 heterocycles. The fraction of sp³-hybridized carbons (Fsp3) is 0.391. The minimum Gasteiger partial charge on any atom is -0.463 e. The lowest BCUT2D eigenvalue weighted by Crippen LogP contribution is -2.34. The average Bonchev–Trinajstić information content (AvgIpc) is 3.41. The van der Waals surface area contributed by atoms with Gasteiger partial charge < -0.3 is 14.6 Å². The molecule has 6 nitrogen and oxygen atoms in total. The summed E-state index contributed by atoms with van der Waals surface area (Å²) < 4.78 is 20.3. The Balaban J connectivity index is 1.76. The lowest BCUT2D eigenvalue weighted by Gasteiger charge is -2.20. The topological polar surface area (TPSA) is 63.3 Å². The van der Waals surface area contributed by atoms with Gasteiger partial charge in [-0.2, -0.15) is 5.10 Å². The Morgan fingerprint density at radius 2 is 1.97 bits per heavy atom. The Morgan fingerprint density at radius 1 is 1.23 bits per heavy atom. The molecule has 3 aromatic rings. The number of halogens is 1. The van der Waals surface area contributed by atoms with Crippen molar-refractivity contribution in [2.75, 3.05) is 19.6 Å². The molecule has 1 amide bonds. The van der Waals surface area contributed by atoms with Crippen LogP contribution in [-0.2, 0) is 0 Å². The fourth-order valence-electron chi connectivity index (χ4n) is 3.40. The van der Waals surface area contributed by atoms with Crippen LogP contribution < -0.4 is 5.32 Å². The predicted octanol–water partition coefficient (Wildman–Crippen LogP) is 4.51. The Morgan fingerprint density at radius 3 is 2.60 bits per heavy atom. The molecule has 0 bridgehead atoms. The molecule has 0 saturated heterocycles. The summed E-state index contributed by atoms with van der Waals surface area (Å²) in [6, 6.07) is 11.2. The highest BCUT2D eigenvalue weighted by Crippen LogP contribution is 2.22. The van der Waals surface area contributed by atoms with Crippen molar-refractivity contribution in [1.29, 1.82) is 0 Å². The number of hydrogen-bond acceptors (Lipinski definition) is 4. The summed E-state index contributed by atoms with van der Waals surface area (Å²) in [5, 5.41) is 7.58. The van der Waals surface area contributed by atoms with Crippen molar-refractivity contribution in [1.82, 2.24) is 20.0 Å². The van der Waals surface area contributed by atoms with Gasteiger partial charge in [-0.25, -0.2) is 9.07 Å².